The number of aromatic hydroxyl groups is 3. The van der Waals surface area contributed by atoms with Crippen LogP contribution in [0.2, 0.25) is 0 Å². The lowest BCUT2D eigenvalue weighted by Gasteiger charge is -2.43. The third-order valence-electron chi connectivity index (χ3n) is 5.73. The van der Waals surface area contributed by atoms with Crippen LogP contribution >= 0.6 is 0 Å². The van der Waals surface area contributed by atoms with Crippen molar-refractivity contribution in [1.82, 2.24) is 0 Å². The van der Waals surface area contributed by atoms with E-state index < -0.39 is 0 Å². The van der Waals surface area contributed by atoms with Gasteiger partial charge in [0.05, 0.1) is 0 Å². The topological polar surface area (TPSA) is 60.7 Å². The van der Waals surface area contributed by atoms with E-state index in [1.165, 1.54) is 30.4 Å². The highest BCUT2D eigenvalue weighted by Gasteiger charge is 2.39. The molecule has 0 unspecified atom stereocenters. The predicted octanol–water partition coefficient (Wildman–Crippen LogP) is 4.42. The van der Waals surface area contributed by atoms with Gasteiger partial charge in [-0.15, -0.1) is 0 Å². The van der Waals surface area contributed by atoms with Crippen LogP contribution in [0, 0.1) is 5.92 Å². The lowest BCUT2D eigenvalue weighted by Crippen LogP contribution is -2.30. The van der Waals surface area contributed by atoms with Crippen LogP contribution in [-0.4, -0.2) is 15.3 Å². The highest BCUT2D eigenvalue weighted by molar-refractivity contribution is 5.50. The second-order valence-corrected chi connectivity index (χ2v) is 7.00. The first-order valence-corrected chi connectivity index (χ1v) is 8.47. The number of rotatable bonds is 1. The van der Waals surface area contributed by atoms with Gasteiger partial charge < -0.3 is 15.3 Å². The standard InChI is InChI=1S/C20H22O3/c21-14-7-5-12(6-8-14)17-9-13-10-19(22)20(23)11-18(13)16-4-2-1-3-15(16)17/h5-8,10-11,15-17,21-23H,1-4,9H2/t15-,16+,17-/m0/s1. The number of hydrogen-bond acceptors (Lipinski definition) is 3. The monoisotopic (exact) mass is 310 g/mol. The molecule has 3 heteroatoms. The number of fused-ring (bicyclic) bond motifs is 3. The molecule has 3 atom stereocenters. The molecule has 4 rings (SSSR count). The summed E-state index contributed by atoms with van der Waals surface area (Å²) in [5.41, 5.74) is 3.64. The van der Waals surface area contributed by atoms with Crippen LogP contribution in [0.5, 0.6) is 17.2 Å². The Labute approximate surface area is 136 Å². The zero-order valence-electron chi connectivity index (χ0n) is 13.1. The Kier molecular flexibility index (Phi) is 3.44. The summed E-state index contributed by atoms with van der Waals surface area (Å²) >= 11 is 0. The van der Waals surface area contributed by atoms with Gasteiger partial charge in [0.2, 0.25) is 0 Å². The smallest absolute Gasteiger partial charge is 0.157 e. The van der Waals surface area contributed by atoms with Crippen LogP contribution in [0.4, 0.5) is 0 Å². The molecule has 0 spiro atoms. The summed E-state index contributed by atoms with van der Waals surface area (Å²) in [5, 5.41) is 29.3. The Bertz CT molecular complexity index is 720. The molecule has 120 valence electrons. The third-order valence-corrected chi connectivity index (χ3v) is 5.73. The molecule has 0 saturated heterocycles. The van der Waals surface area contributed by atoms with E-state index in [9.17, 15) is 15.3 Å². The van der Waals surface area contributed by atoms with Crippen molar-refractivity contribution in [2.45, 2.75) is 43.9 Å². The van der Waals surface area contributed by atoms with Gasteiger partial charge in [-0.05, 0) is 78.0 Å². The molecular formula is C20H22O3. The fourth-order valence-corrected chi connectivity index (χ4v) is 4.66. The number of phenols is 3. The number of hydrogen-bond donors (Lipinski definition) is 3. The van der Waals surface area contributed by atoms with Crippen molar-refractivity contribution in [3.8, 4) is 17.2 Å². The lowest BCUT2D eigenvalue weighted by molar-refractivity contribution is 0.242. The average molecular weight is 310 g/mol. The summed E-state index contributed by atoms with van der Waals surface area (Å²) in [5.74, 6) is 1.71. The molecule has 0 radical (unpaired) electrons. The summed E-state index contributed by atoms with van der Waals surface area (Å²) in [4.78, 5) is 0. The van der Waals surface area contributed by atoms with Gasteiger partial charge >= 0.3 is 0 Å². The Morgan fingerprint density at radius 2 is 1.48 bits per heavy atom. The zero-order valence-corrected chi connectivity index (χ0v) is 13.1. The molecule has 1 fully saturated rings. The first kappa shape index (κ1) is 14.4. The van der Waals surface area contributed by atoms with Crippen LogP contribution in [0.25, 0.3) is 0 Å². The van der Waals surface area contributed by atoms with Crippen molar-refractivity contribution in [2.24, 2.45) is 5.92 Å². The molecule has 2 aliphatic carbocycles. The van der Waals surface area contributed by atoms with Crippen molar-refractivity contribution in [2.75, 3.05) is 0 Å². The number of benzene rings is 2. The Balaban J connectivity index is 1.79. The van der Waals surface area contributed by atoms with Gasteiger partial charge in [0.15, 0.2) is 11.5 Å². The molecule has 2 aliphatic rings. The van der Waals surface area contributed by atoms with E-state index in [4.69, 9.17) is 0 Å². The van der Waals surface area contributed by atoms with Gasteiger partial charge in [0.25, 0.3) is 0 Å². The van der Waals surface area contributed by atoms with E-state index in [1.54, 1.807) is 24.3 Å². The first-order valence-electron chi connectivity index (χ1n) is 8.47. The molecule has 0 aliphatic heterocycles. The minimum atomic E-state index is -0.0255. The van der Waals surface area contributed by atoms with E-state index in [0.717, 1.165) is 18.4 Å². The average Bonchev–Trinajstić information content (AvgIpc) is 2.56. The SMILES string of the molecule is Oc1ccc([C@@H]2Cc3cc(O)c(O)cc3[C@@H]3CCCC[C@H]23)cc1. The van der Waals surface area contributed by atoms with Gasteiger partial charge in [-0.1, -0.05) is 25.0 Å². The van der Waals surface area contributed by atoms with E-state index >= 15 is 0 Å². The fraction of sp³-hybridized carbons (Fsp3) is 0.400. The summed E-state index contributed by atoms with van der Waals surface area (Å²) < 4.78 is 0. The van der Waals surface area contributed by atoms with E-state index in [0.29, 0.717) is 23.5 Å². The van der Waals surface area contributed by atoms with Crippen molar-refractivity contribution in [1.29, 1.82) is 0 Å². The van der Waals surface area contributed by atoms with Crippen molar-refractivity contribution >= 4 is 0 Å². The molecule has 3 nitrogen and oxygen atoms in total. The summed E-state index contributed by atoms with van der Waals surface area (Å²) in [6.45, 7) is 0. The molecular weight excluding hydrogens is 288 g/mol. The fourth-order valence-electron chi connectivity index (χ4n) is 4.66. The maximum Gasteiger partial charge on any atom is 0.157 e. The molecule has 0 heterocycles. The maximum absolute atomic E-state index is 9.90. The summed E-state index contributed by atoms with van der Waals surface area (Å²) in [7, 11) is 0. The Morgan fingerprint density at radius 3 is 2.26 bits per heavy atom. The van der Waals surface area contributed by atoms with Gasteiger partial charge in [-0.2, -0.15) is 0 Å². The second kappa shape index (κ2) is 5.48. The minimum absolute atomic E-state index is 0.00356. The van der Waals surface area contributed by atoms with Gasteiger partial charge in [-0.25, -0.2) is 0 Å². The molecule has 3 N–H and O–H groups in total. The van der Waals surface area contributed by atoms with Gasteiger partial charge in [0, 0.05) is 0 Å². The van der Waals surface area contributed by atoms with Gasteiger partial charge in [0.1, 0.15) is 5.75 Å². The minimum Gasteiger partial charge on any atom is -0.508 e. The second-order valence-electron chi connectivity index (χ2n) is 7.00. The summed E-state index contributed by atoms with van der Waals surface area (Å²) in [6.07, 6.45) is 5.72. The van der Waals surface area contributed by atoms with Crippen LogP contribution in [-0.2, 0) is 6.42 Å². The molecule has 0 amide bonds. The molecule has 2 aromatic carbocycles. The van der Waals surface area contributed by atoms with Crippen LogP contribution in [0.3, 0.4) is 0 Å². The van der Waals surface area contributed by atoms with Crippen LogP contribution < -0.4 is 0 Å². The van der Waals surface area contributed by atoms with Gasteiger partial charge in [-0.3, -0.25) is 0 Å². The molecule has 0 aromatic heterocycles. The van der Waals surface area contributed by atoms with Crippen molar-refractivity contribution in [3.05, 3.63) is 53.1 Å². The van der Waals surface area contributed by atoms with Crippen molar-refractivity contribution in [3.63, 3.8) is 0 Å². The molecule has 23 heavy (non-hydrogen) atoms. The largest absolute Gasteiger partial charge is 0.508 e. The highest BCUT2D eigenvalue weighted by atomic mass is 16.3. The Hall–Kier alpha value is -2.16. The van der Waals surface area contributed by atoms with Crippen LogP contribution in [0.1, 0.15) is 54.2 Å². The van der Waals surface area contributed by atoms with E-state index in [2.05, 4.69) is 0 Å². The molecule has 2 aromatic rings. The quantitative estimate of drug-likeness (QED) is 0.683. The highest BCUT2D eigenvalue weighted by Crippen LogP contribution is 2.52. The molecule has 1 saturated carbocycles. The predicted molar refractivity (Wildman–Crippen MR) is 89.0 cm³/mol. The lowest BCUT2D eigenvalue weighted by atomic mass is 9.61. The maximum atomic E-state index is 9.90. The van der Waals surface area contributed by atoms with E-state index in [1.807, 2.05) is 12.1 Å². The Morgan fingerprint density at radius 1 is 0.783 bits per heavy atom. The normalized spacial score (nSPS) is 26.3. The third kappa shape index (κ3) is 2.44. The first-order chi connectivity index (χ1) is 11.1. The van der Waals surface area contributed by atoms with Crippen molar-refractivity contribution < 1.29 is 15.3 Å². The van der Waals surface area contributed by atoms with Crippen LogP contribution in [0.15, 0.2) is 36.4 Å². The zero-order chi connectivity index (χ0) is 16.0. The van der Waals surface area contributed by atoms with E-state index in [-0.39, 0.29) is 11.5 Å². The molecule has 0 bridgehead atoms. The number of phenolic OH excluding ortho intramolecular Hbond substituents is 3. The summed E-state index contributed by atoms with van der Waals surface area (Å²) in [6, 6.07) is 11.1.